The highest BCUT2D eigenvalue weighted by atomic mass is 28.4. The number of nitrogens with zero attached hydrogens (tertiary/aromatic N) is 4. The number of carbonyl (C=O) groups excluding carboxylic acids is 2. The van der Waals surface area contributed by atoms with E-state index in [1.165, 1.54) is 12.7 Å². The Labute approximate surface area is 245 Å². The van der Waals surface area contributed by atoms with Gasteiger partial charge in [0.1, 0.15) is 18.5 Å². The highest BCUT2D eigenvalue weighted by Gasteiger charge is 2.53. The highest BCUT2D eigenvalue weighted by Crippen LogP contribution is 2.43. The summed E-state index contributed by atoms with van der Waals surface area (Å²) in [6.45, 7) is 10.2. The van der Waals surface area contributed by atoms with Gasteiger partial charge in [-0.15, -0.1) is 0 Å². The minimum Gasteiger partial charge on any atom is -0.451 e. The number of aliphatic hydroxyl groups excluding tert-OH is 1. The quantitative estimate of drug-likeness (QED) is 0.223. The van der Waals surface area contributed by atoms with Gasteiger partial charge in [-0.25, -0.2) is 19.7 Å². The van der Waals surface area contributed by atoms with Gasteiger partial charge in [0, 0.05) is 5.56 Å². The van der Waals surface area contributed by atoms with E-state index in [-0.39, 0.29) is 23.4 Å². The molecule has 2 N–H and O–H groups in total. The number of nitrogens with one attached hydrogen (secondary N) is 1. The van der Waals surface area contributed by atoms with Crippen LogP contribution in [-0.2, 0) is 13.9 Å². The zero-order chi connectivity index (χ0) is 30.1. The molecule has 0 aliphatic carbocycles. The van der Waals surface area contributed by atoms with Crippen LogP contribution in [0.4, 0.5) is 5.82 Å². The third-order valence-corrected chi connectivity index (χ3v) is 12.3. The number of hydrogen-bond donors (Lipinski definition) is 2. The molecule has 2 aromatic carbocycles. The molecule has 1 fully saturated rings. The zero-order valence-electron chi connectivity index (χ0n) is 24.2. The monoisotopic (exact) mass is 589 g/mol. The summed E-state index contributed by atoms with van der Waals surface area (Å²) in [5.41, 5.74) is 1.52. The molecule has 1 saturated heterocycles. The third kappa shape index (κ3) is 5.84. The van der Waals surface area contributed by atoms with E-state index >= 15 is 0 Å². The second kappa shape index (κ2) is 11.7. The van der Waals surface area contributed by atoms with E-state index in [1.807, 2.05) is 12.1 Å². The molecule has 0 radical (unpaired) electrons. The van der Waals surface area contributed by atoms with Crippen molar-refractivity contribution < 1.29 is 28.6 Å². The molecule has 4 aromatic rings. The molecule has 42 heavy (non-hydrogen) atoms. The van der Waals surface area contributed by atoms with Crippen molar-refractivity contribution in [2.45, 2.75) is 63.4 Å². The third-order valence-electron chi connectivity index (χ3n) is 7.86. The molecule has 0 saturated carbocycles. The van der Waals surface area contributed by atoms with Gasteiger partial charge in [-0.2, -0.15) is 0 Å². The van der Waals surface area contributed by atoms with Crippen molar-refractivity contribution in [1.82, 2.24) is 19.5 Å². The number of amides is 1. The smallest absolute Gasteiger partial charge is 0.338 e. The summed E-state index contributed by atoms with van der Waals surface area (Å²) in [4.78, 5) is 39.3. The molecule has 11 nitrogen and oxygen atoms in total. The van der Waals surface area contributed by atoms with Crippen LogP contribution >= 0.6 is 0 Å². The van der Waals surface area contributed by atoms with Crippen molar-refractivity contribution in [2.75, 3.05) is 11.9 Å². The van der Waals surface area contributed by atoms with Gasteiger partial charge in [-0.05, 0) is 42.4 Å². The van der Waals surface area contributed by atoms with Crippen molar-refractivity contribution in [3.63, 3.8) is 0 Å². The maximum absolute atomic E-state index is 13.3. The van der Waals surface area contributed by atoms with Crippen LogP contribution in [0.1, 0.15) is 47.7 Å². The van der Waals surface area contributed by atoms with E-state index in [1.54, 1.807) is 53.1 Å². The maximum atomic E-state index is 13.3. The normalized spacial score (nSPS) is 20.9. The van der Waals surface area contributed by atoms with Gasteiger partial charge in [-0.1, -0.05) is 57.2 Å². The first-order valence-electron chi connectivity index (χ1n) is 13.7. The lowest BCUT2D eigenvalue weighted by Crippen LogP contribution is -2.50. The predicted molar refractivity (Wildman–Crippen MR) is 158 cm³/mol. The second-order valence-corrected chi connectivity index (χ2v) is 16.4. The Bertz CT molecular complexity index is 1560. The summed E-state index contributed by atoms with van der Waals surface area (Å²) < 4.78 is 20.8. The van der Waals surface area contributed by atoms with E-state index in [0.717, 1.165) is 0 Å². The van der Waals surface area contributed by atoms with Gasteiger partial charge in [0.25, 0.3) is 5.91 Å². The van der Waals surface area contributed by atoms with Crippen LogP contribution in [0.3, 0.4) is 0 Å². The molecular weight excluding hydrogens is 554 g/mol. The summed E-state index contributed by atoms with van der Waals surface area (Å²) in [7, 11) is -2.41. The summed E-state index contributed by atoms with van der Waals surface area (Å²) in [6.07, 6.45) is -0.608. The molecule has 220 valence electrons. The first-order chi connectivity index (χ1) is 20.0. The average molecular weight is 590 g/mol. The number of esters is 1. The molecule has 12 heteroatoms. The standard InChI is InChI=1S/C30H35N5O6Si/c1-30(2,3)42(4,5)41-23-21(16-36)39-28(24(23)40-29(38)20-14-10-7-11-15-20)35-18-33-22-25(31-17-32-26(22)35)34-27(37)19-12-8-6-9-13-19/h6-15,17-18,21,23-24,28,36H,16H2,1-5H3,(H,31,32,34,37)/t21-,23-,24-,28-/m1/s1. The fraction of sp³-hybridized carbons (Fsp3) is 0.367. The largest absolute Gasteiger partial charge is 0.451 e. The van der Waals surface area contributed by atoms with Gasteiger partial charge in [0.15, 0.2) is 37.6 Å². The van der Waals surface area contributed by atoms with Gasteiger partial charge in [-0.3, -0.25) is 9.36 Å². The number of anilines is 1. The number of rotatable bonds is 8. The number of aromatic nitrogens is 4. The Morgan fingerprint density at radius 3 is 2.24 bits per heavy atom. The minimum atomic E-state index is -2.41. The fourth-order valence-electron chi connectivity index (χ4n) is 4.53. The summed E-state index contributed by atoms with van der Waals surface area (Å²) in [5, 5.41) is 13.0. The molecule has 2 aromatic heterocycles. The van der Waals surface area contributed by atoms with Crippen LogP contribution < -0.4 is 5.32 Å². The molecule has 1 amide bonds. The van der Waals surface area contributed by atoms with Gasteiger partial charge < -0.3 is 24.3 Å². The van der Waals surface area contributed by atoms with Crippen molar-refractivity contribution in [2.24, 2.45) is 0 Å². The number of carbonyl (C=O) groups is 2. The predicted octanol–water partition coefficient (Wildman–Crippen LogP) is 4.58. The number of aliphatic hydroxyl groups is 1. The van der Waals surface area contributed by atoms with Gasteiger partial charge in [0.2, 0.25) is 0 Å². The van der Waals surface area contributed by atoms with E-state index in [9.17, 15) is 14.7 Å². The lowest BCUT2D eigenvalue weighted by molar-refractivity contribution is -0.0564. The number of hydrogen-bond acceptors (Lipinski definition) is 9. The van der Waals surface area contributed by atoms with Gasteiger partial charge in [0.05, 0.1) is 18.5 Å². The van der Waals surface area contributed by atoms with Crippen molar-refractivity contribution >= 4 is 37.2 Å². The topological polar surface area (TPSA) is 138 Å². The Balaban J connectivity index is 1.52. The van der Waals surface area contributed by atoms with Crippen LogP contribution in [0, 0.1) is 0 Å². The van der Waals surface area contributed by atoms with E-state index in [0.29, 0.717) is 22.3 Å². The molecular formula is C30H35N5O6Si. The molecule has 1 aliphatic rings. The maximum Gasteiger partial charge on any atom is 0.338 e. The number of imidazole rings is 1. The Morgan fingerprint density at radius 1 is 0.976 bits per heavy atom. The zero-order valence-corrected chi connectivity index (χ0v) is 25.2. The minimum absolute atomic E-state index is 0.153. The molecule has 3 heterocycles. The molecule has 0 spiro atoms. The van der Waals surface area contributed by atoms with E-state index in [2.05, 4.69) is 54.1 Å². The van der Waals surface area contributed by atoms with E-state index in [4.69, 9.17) is 13.9 Å². The fourth-order valence-corrected chi connectivity index (χ4v) is 5.85. The van der Waals surface area contributed by atoms with Crippen molar-refractivity contribution in [1.29, 1.82) is 0 Å². The van der Waals surface area contributed by atoms with Crippen LogP contribution in [0.15, 0.2) is 73.3 Å². The number of fused-ring (bicyclic) bond motifs is 1. The summed E-state index contributed by atoms with van der Waals surface area (Å²) in [5.74, 6) is -0.678. The number of ether oxygens (including phenoxy) is 2. The Morgan fingerprint density at radius 2 is 1.62 bits per heavy atom. The summed E-state index contributed by atoms with van der Waals surface area (Å²) >= 11 is 0. The average Bonchev–Trinajstić information content (AvgIpc) is 3.55. The van der Waals surface area contributed by atoms with Crippen LogP contribution in [0.5, 0.6) is 0 Å². The SMILES string of the molecule is CC(C)(C)[Si](C)(C)O[C@H]1[C@@H](OC(=O)c2ccccc2)[C@H](n2cnc3c(NC(=O)c4ccccc4)ncnc32)O[C@@H]1CO. The van der Waals surface area contributed by atoms with Crippen molar-refractivity contribution in [3.05, 3.63) is 84.4 Å². The lowest BCUT2D eigenvalue weighted by atomic mass is 10.1. The molecule has 4 atom stereocenters. The van der Waals surface area contributed by atoms with Crippen LogP contribution in [-0.4, -0.2) is 69.7 Å². The molecule has 1 aliphatic heterocycles. The molecule has 5 rings (SSSR count). The number of benzene rings is 2. The highest BCUT2D eigenvalue weighted by molar-refractivity contribution is 6.74. The van der Waals surface area contributed by atoms with E-state index < -0.39 is 38.8 Å². The first-order valence-corrected chi connectivity index (χ1v) is 16.6. The van der Waals surface area contributed by atoms with Gasteiger partial charge >= 0.3 is 5.97 Å². The summed E-state index contributed by atoms with van der Waals surface area (Å²) in [6, 6.07) is 17.4. The molecule has 0 bridgehead atoms. The lowest BCUT2D eigenvalue weighted by Gasteiger charge is -2.40. The second-order valence-electron chi connectivity index (χ2n) is 11.7. The van der Waals surface area contributed by atoms with Crippen molar-refractivity contribution in [3.8, 4) is 0 Å². The molecule has 0 unspecified atom stereocenters. The first kappa shape index (κ1) is 29.5. The van der Waals surface area contributed by atoms with Crippen LogP contribution in [0.2, 0.25) is 18.1 Å². The Hall–Kier alpha value is -3.97. The Kier molecular flexibility index (Phi) is 8.24. The van der Waals surface area contributed by atoms with Crippen LogP contribution in [0.25, 0.3) is 11.2 Å².